The molecule has 5 rings (SSSR count). The van der Waals surface area contributed by atoms with Crippen LogP contribution in [-0.2, 0) is 52.3 Å². The van der Waals surface area contributed by atoms with Crippen LogP contribution >= 0.6 is 36.4 Å². The van der Waals surface area contributed by atoms with Gasteiger partial charge in [-0.2, -0.15) is 33.1 Å². The van der Waals surface area contributed by atoms with Crippen LogP contribution in [0.4, 0.5) is 39.0 Å². The first-order chi connectivity index (χ1) is 26.8. The topological polar surface area (TPSA) is 333 Å². The maximum absolute atomic E-state index is 14.5. The molecule has 1 aromatic heterocycles. The molecule has 3 N–H and O–H groups in total. The molecule has 33 heteroatoms. The van der Waals surface area contributed by atoms with E-state index in [1.807, 2.05) is 0 Å². The molecule has 0 fully saturated rings. The molecule has 0 bridgehead atoms. The molecule has 4 aromatic carbocycles. The van der Waals surface area contributed by atoms with Crippen LogP contribution in [0.15, 0.2) is 96.5 Å². The zero-order valence-corrected chi connectivity index (χ0v) is 43.1. The third-order valence-electron chi connectivity index (χ3n) is 6.71. The number of halogens is 1. The van der Waals surface area contributed by atoms with Gasteiger partial charge in [-0.3, -0.25) is 19.3 Å². The third-order valence-corrected chi connectivity index (χ3v) is 10.9. The molecule has 0 amide bonds. The SMILES string of the molecule is O=S(=O)([O-])c1c(Nc2nc(F)nc(Nc3ccc(SOO[O-])cc3)n2)ccc2c(O)c(N=Nc3ccc(S(=O)(=O)CCOSOO[O-])cc3)c(SOO[O-])cc12.[Na+].[Na+].[Na+].[Na+]. The first kappa shape index (κ1) is 57.6. The van der Waals surface area contributed by atoms with Crippen molar-refractivity contribution >= 4 is 102 Å². The van der Waals surface area contributed by atoms with Gasteiger partial charge in [-0.25, -0.2) is 16.8 Å². The summed E-state index contributed by atoms with van der Waals surface area (Å²) in [5, 5.41) is 63.8. The Hall–Kier alpha value is -0.410. The number of rotatable bonds is 20. The number of phenols is 1. The number of hydrogen-bond donors (Lipinski definition) is 3. The second-order valence-corrected chi connectivity index (χ2v) is 15.5. The van der Waals surface area contributed by atoms with Gasteiger partial charge in [0.1, 0.15) is 15.8 Å². The number of azo groups is 1. The van der Waals surface area contributed by atoms with Gasteiger partial charge in [0.15, 0.2) is 27.9 Å². The minimum atomic E-state index is -5.43. The van der Waals surface area contributed by atoms with Crippen molar-refractivity contribution in [2.24, 2.45) is 10.2 Å². The minimum Gasteiger partial charge on any atom is -0.744 e. The van der Waals surface area contributed by atoms with Crippen LogP contribution in [0.5, 0.6) is 5.75 Å². The van der Waals surface area contributed by atoms with Crippen LogP contribution in [-0.4, -0.2) is 53.8 Å². The summed E-state index contributed by atoms with van der Waals surface area (Å²) < 4.78 is 94.8. The van der Waals surface area contributed by atoms with Gasteiger partial charge in [-0.1, -0.05) is 0 Å². The Balaban J connectivity index is 0.00000450. The van der Waals surface area contributed by atoms with Crippen molar-refractivity contribution < 1.29 is 197 Å². The van der Waals surface area contributed by atoms with Crippen LogP contribution in [0.3, 0.4) is 0 Å². The Morgan fingerprint density at radius 2 is 1.37 bits per heavy atom. The first-order valence-electron chi connectivity index (χ1n) is 14.4. The smallest absolute Gasteiger partial charge is 0.744 e. The zero-order chi connectivity index (χ0) is 40.3. The van der Waals surface area contributed by atoms with Crippen molar-refractivity contribution in [2.45, 2.75) is 19.6 Å². The molecule has 5 aromatic rings. The average molecular weight is 968 g/mol. The number of nitrogens with one attached hydrogen (secondary N) is 2. The van der Waals surface area contributed by atoms with Crippen molar-refractivity contribution in [2.75, 3.05) is 23.0 Å². The minimum absolute atomic E-state index is 0. The van der Waals surface area contributed by atoms with Crippen molar-refractivity contribution in [1.29, 1.82) is 0 Å². The van der Waals surface area contributed by atoms with E-state index in [1.54, 1.807) is 0 Å². The molecule has 0 saturated carbocycles. The van der Waals surface area contributed by atoms with Crippen molar-refractivity contribution in [1.82, 2.24) is 15.0 Å². The molecule has 0 radical (unpaired) electrons. The van der Waals surface area contributed by atoms with E-state index in [4.69, 9.17) is 4.18 Å². The number of hydrogen-bond acceptors (Lipinski definition) is 26. The number of benzene rings is 4. The Kier molecular flexibility index (Phi) is 26.7. The molecule has 0 aliphatic carbocycles. The predicted octanol–water partition coefficient (Wildman–Crippen LogP) is -9.27. The van der Waals surface area contributed by atoms with Crippen molar-refractivity contribution in [3.05, 3.63) is 72.8 Å². The summed E-state index contributed by atoms with van der Waals surface area (Å²) in [5.41, 5.74) is -0.478. The molecule has 0 spiro atoms. The van der Waals surface area contributed by atoms with Crippen LogP contribution in [0, 0.1) is 6.08 Å². The van der Waals surface area contributed by atoms with Gasteiger partial charge >= 0.3 is 124 Å². The van der Waals surface area contributed by atoms with E-state index in [0.717, 1.165) is 12.1 Å². The Morgan fingerprint density at radius 3 is 1.98 bits per heavy atom. The van der Waals surface area contributed by atoms with Gasteiger partial charge in [0.2, 0.25) is 11.9 Å². The van der Waals surface area contributed by atoms with E-state index in [0.29, 0.717) is 22.6 Å². The van der Waals surface area contributed by atoms with E-state index in [2.05, 4.69) is 63.9 Å². The second-order valence-electron chi connectivity index (χ2n) is 10.1. The first-order valence-corrected chi connectivity index (χ1v) is 19.6. The standard InChI is InChI=1S/C27H22FN7O16S5.4Na/c28-25-31-26(29-14-1-5-16(6-2-14)52-49-46-37)33-27(32-25)30-20-10-9-18-19(24(20)56(42,43)44)13-21(53-50-47-38)22(23(18)36)35-34-15-3-7-17(8-4-15)55(40,41)12-11-45-54-51-48-39;;;;/h1-10,13,36-39H,11-12H2,(H,42,43,44)(H2,29,30,31,32,33);;;;/q;4*+1/p-4. The van der Waals surface area contributed by atoms with Gasteiger partial charge in [0.25, 0.3) is 0 Å². The van der Waals surface area contributed by atoms with Crippen molar-refractivity contribution in [3.8, 4) is 5.75 Å². The fourth-order valence-electron chi connectivity index (χ4n) is 4.48. The van der Waals surface area contributed by atoms with Gasteiger partial charge < -0.3 is 36.1 Å². The Bertz CT molecular complexity index is 2420. The molecule has 298 valence electrons. The fourth-order valence-corrected chi connectivity index (χ4v) is 7.56. The summed E-state index contributed by atoms with van der Waals surface area (Å²) in [4.78, 5) is 10.1. The number of aromatic hydroxyl groups is 1. The molecule has 0 atom stereocenters. The maximum Gasteiger partial charge on any atom is 1.00 e. The molecule has 0 saturated heterocycles. The van der Waals surface area contributed by atoms with E-state index < -0.39 is 65.1 Å². The van der Waals surface area contributed by atoms with Gasteiger partial charge in [0, 0.05) is 21.4 Å². The molecule has 60 heavy (non-hydrogen) atoms. The summed E-state index contributed by atoms with van der Waals surface area (Å²) in [6.07, 6.45) is -1.31. The van der Waals surface area contributed by atoms with Gasteiger partial charge in [0.05, 0.1) is 62.5 Å². The van der Waals surface area contributed by atoms with E-state index in [-0.39, 0.29) is 176 Å². The van der Waals surface area contributed by atoms with E-state index >= 15 is 0 Å². The zero-order valence-electron chi connectivity index (χ0n) is 31.0. The van der Waals surface area contributed by atoms with Gasteiger partial charge in [-0.15, -0.1) is 9.45 Å². The summed E-state index contributed by atoms with van der Waals surface area (Å²) in [5.74, 6) is -2.16. The largest absolute Gasteiger partial charge is 1.00 e. The van der Waals surface area contributed by atoms with Crippen LogP contribution in [0.25, 0.3) is 10.8 Å². The number of fused-ring (bicyclic) bond motifs is 1. The Labute approximate surface area is 439 Å². The Morgan fingerprint density at radius 1 is 0.750 bits per heavy atom. The molecule has 0 unspecified atom stereocenters. The monoisotopic (exact) mass is 967 g/mol. The summed E-state index contributed by atoms with van der Waals surface area (Å²) in [7, 11) is -9.29. The summed E-state index contributed by atoms with van der Waals surface area (Å²) in [6.45, 7) is -0.355. The number of anilines is 4. The van der Waals surface area contributed by atoms with E-state index in [9.17, 15) is 46.7 Å². The molecule has 0 aliphatic heterocycles. The number of sulfone groups is 1. The van der Waals surface area contributed by atoms with Gasteiger partial charge in [-0.05, 0) is 66.7 Å². The number of nitrogens with zero attached hydrogens (tertiary/aromatic N) is 5. The maximum atomic E-state index is 14.5. The molecular formula is C27H18FN7Na4O16S5. The summed E-state index contributed by atoms with van der Waals surface area (Å²) in [6, 6.07) is 14.1. The third kappa shape index (κ3) is 16.5. The fraction of sp³-hybridized carbons (Fsp3) is 0.0741. The van der Waals surface area contributed by atoms with E-state index in [1.165, 1.54) is 54.6 Å². The average Bonchev–Trinajstić information content (AvgIpc) is 3.15. The van der Waals surface area contributed by atoms with Crippen molar-refractivity contribution in [3.63, 3.8) is 0 Å². The molecule has 1 heterocycles. The second kappa shape index (κ2) is 27.8. The number of phenolic OH excluding ortho intramolecular Hbond substituents is 1. The van der Waals surface area contributed by atoms with Crippen LogP contribution in [0.2, 0.25) is 0 Å². The quantitative estimate of drug-likeness (QED) is 0.0124. The van der Waals surface area contributed by atoms with Crippen LogP contribution < -0.4 is 145 Å². The molecular weight excluding hydrogens is 950 g/mol. The molecule has 23 nitrogen and oxygen atoms in total. The van der Waals surface area contributed by atoms with Crippen LogP contribution in [0.1, 0.15) is 0 Å². The number of aromatic nitrogens is 3. The normalized spacial score (nSPS) is 11.3. The summed E-state index contributed by atoms with van der Waals surface area (Å²) >= 11 is 0.925. The predicted molar refractivity (Wildman–Crippen MR) is 181 cm³/mol. The molecule has 0 aliphatic rings.